The summed E-state index contributed by atoms with van der Waals surface area (Å²) in [6, 6.07) is 0. The van der Waals surface area contributed by atoms with E-state index >= 15 is 0 Å². The molecule has 0 aromatic carbocycles. The maximum absolute atomic E-state index is 10.2. The number of hydrogen-bond acceptors (Lipinski definition) is 3. The molecule has 0 unspecified atom stereocenters. The normalized spacial score (nSPS) is 13.3. The summed E-state index contributed by atoms with van der Waals surface area (Å²) in [6.07, 6.45) is 1.26. The Hall–Kier alpha value is -0.130. The number of nitrogens with zero attached hydrogens (tertiary/aromatic N) is 1. The van der Waals surface area contributed by atoms with Crippen LogP contribution in [0.2, 0.25) is 0 Å². The Labute approximate surface area is 74.5 Å². The van der Waals surface area contributed by atoms with Gasteiger partial charge in [-0.25, -0.2) is 8.42 Å². The van der Waals surface area contributed by atoms with Crippen molar-refractivity contribution >= 4 is 10.1 Å². The molecule has 0 N–H and O–H groups in total. The van der Waals surface area contributed by atoms with Crippen LogP contribution in [0.5, 0.6) is 0 Å². The molecular weight excluding hydrogens is 178 g/mol. The summed E-state index contributed by atoms with van der Waals surface area (Å²) < 4.78 is 31.4. The third-order valence-electron chi connectivity index (χ3n) is 1.47. The predicted octanol–water partition coefficient (Wildman–Crippen LogP) is 0.0180. The Kier molecular flexibility index (Phi) is 4.16. The molecule has 5 heteroatoms. The molecule has 0 aromatic rings. The monoisotopic (exact) mass is 195 g/mol. The molecular formula is C7H17NO3S. The largest absolute Gasteiger partial charge is 0.748 e. The smallest absolute Gasteiger partial charge is 0.0945 e. The van der Waals surface area contributed by atoms with Crippen molar-refractivity contribution in [2.24, 2.45) is 0 Å². The SMILES string of the molecule is C[N+](C)(C)CCCCS(=O)(=O)[O-]. The first-order chi connectivity index (χ1) is 5.21. The van der Waals surface area contributed by atoms with Crippen LogP contribution in [0.25, 0.3) is 0 Å². The Morgan fingerprint density at radius 2 is 1.67 bits per heavy atom. The molecule has 0 fully saturated rings. The Morgan fingerprint density at radius 3 is 2.00 bits per heavy atom. The molecule has 74 valence electrons. The quantitative estimate of drug-likeness (QED) is 0.353. The fourth-order valence-corrected chi connectivity index (χ4v) is 1.42. The van der Waals surface area contributed by atoms with E-state index < -0.39 is 10.1 Å². The lowest BCUT2D eigenvalue weighted by Crippen LogP contribution is -2.35. The van der Waals surface area contributed by atoms with Gasteiger partial charge in [-0.2, -0.15) is 0 Å². The first-order valence-electron chi connectivity index (χ1n) is 3.95. The lowest BCUT2D eigenvalue weighted by atomic mass is 10.3. The molecule has 12 heavy (non-hydrogen) atoms. The van der Waals surface area contributed by atoms with Gasteiger partial charge in [0.05, 0.1) is 37.8 Å². The summed E-state index contributed by atoms with van der Waals surface area (Å²) in [4.78, 5) is 0. The van der Waals surface area contributed by atoms with Crippen molar-refractivity contribution in [3.05, 3.63) is 0 Å². The summed E-state index contributed by atoms with van der Waals surface area (Å²) in [7, 11) is 2.10. The zero-order chi connectivity index (χ0) is 9.83. The van der Waals surface area contributed by atoms with Gasteiger partial charge in [0.1, 0.15) is 0 Å². The Morgan fingerprint density at radius 1 is 1.17 bits per heavy atom. The molecule has 0 spiro atoms. The second kappa shape index (κ2) is 4.20. The average molecular weight is 195 g/mol. The minimum absolute atomic E-state index is 0.229. The molecule has 0 heterocycles. The van der Waals surface area contributed by atoms with Gasteiger partial charge < -0.3 is 9.04 Å². The first-order valence-corrected chi connectivity index (χ1v) is 5.52. The van der Waals surface area contributed by atoms with E-state index in [4.69, 9.17) is 0 Å². The molecule has 0 aliphatic rings. The van der Waals surface area contributed by atoms with Gasteiger partial charge in [0.2, 0.25) is 0 Å². The summed E-state index contributed by atoms with van der Waals surface area (Å²) in [6.45, 7) is 0.898. The molecule has 0 radical (unpaired) electrons. The molecule has 0 saturated carbocycles. The second-order valence-electron chi connectivity index (χ2n) is 3.98. The number of hydrogen-bond donors (Lipinski definition) is 0. The van der Waals surface area contributed by atoms with Gasteiger partial charge in [0.15, 0.2) is 0 Å². The highest BCUT2D eigenvalue weighted by Gasteiger charge is 2.06. The topological polar surface area (TPSA) is 57.2 Å². The van der Waals surface area contributed by atoms with Crippen LogP contribution in [0, 0.1) is 0 Å². The summed E-state index contributed by atoms with van der Waals surface area (Å²) in [5.41, 5.74) is 0. The van der Waals surface area contributed by atoms with Crippen molar-refractivity contribution in [2.75, 3.05) is 33.4 Å². The van der Waals surface area contributed by atoms with Gasteiger partial charge in [-0.1, -0.05) is 0 Å². The fourth-order valence-electron chi connectivity index (χ4n) is 0.865. The van der Waals surface area contributed by atoms with Gasteiger partial charge >= 0.3 is 0 Å². The van der Waals surface area contributed by atoms with Gasteiger partial charge in [-0.3, -0.25) is 0 Å². The van der Waals surface area contributed by atoms with Crippen molar-refractivity contribution in [2.45, 2.75) is 12.8 Å². The summed E-state index contributed by atoms with van der Waals surface area (Å²) >= 11 is 0. The molecule has 0 rings (SSSR count). The van der Waals surface area contributed by atoms with E-state index in [9.17, 15) is 13.0 Å². The third kappa shape index (κ3) is 9.87. The standard InChI is InChI=1S/C7H17NO3S/c1-8(2,3)6-4-5-7-12(9,10)11/h4-7H2,1-3H3. The van der Waals surface area contributed by atoms with E-state index in [0.29, 0.717) is 6.42 Å². The highest BCUT2D eigenvalue weighted by Crippen LogP contribution is 1.99. The van der Waals surface area contributed by atoms with Gasteiger partial charge in [0.25, 0.3) is 0 Å². The van der Waals surface area contributed by atoms with E-state index in [2.05, 4.69) is 0 Å². The summed E-state index contributed by atoms with van der Waals surface area (Å²) in [5.74, 6) is -0.229. The number of quaternary nitrogens is 1. The minimum atomic E-state index is -4.00. The molecule has 4 nitrogen and oxygen atoms in total. The zero-order valence-electron chi connectivity index (χ0n) is 7.91. The van der Waals surface area contributed by atoms with E-state index in [1.54, 1.807) is 0 Å². The Bertz CT molecular complexity index is 215. The van der Waals surface area contributed by atoms with Crippen LogP contribution >= 0.6 is 0 Å². The van der Waals surface area contributed by atoms with Crippen molar-refractivity contribution < 1.29 is 17.5 Å². The summed E-state index contributed by atoms with van der Waals surface area (Å²) in [5, 5.41) is 0. The van der Waals surface area contributed by atoms with Gasteiger partial charge in [-0.05, 0) is 12.8 Å². The molecule has 0 saturated heterocycles. The van der Waals surface area contributed by atoms with E-state index in [0.717, 1.165) is 17.4 Å². The second-order valence-corrected chi connectivity index (χ2v) is 5.51. The van der Waals surface area contributed by atoms with Crippen molar-refractivity contribution in [3.63, 3.8) is 0 Å². The van der Waals surface area contributed by atoms with E-state index in [-0.39, 0.29) is 5.75 Å². The molecule has 0 atom stereocenters. The molecule has 0 aromatic heterocycles. The molecule has 0 aliphatic carbocycles. The number of rotatable bonds is 5. The zero-order valence-corrected chi connectivity index (χ0v) is 8.73. The van der Waals surface area contributed by atoms with Crippen LogP contribution in [0.1, 0.15) is 12.8 Å². The van der Waals surface area contributed by atoms with Crippen molar-refractivity contribution in [3.8, 4) is 0 Å². The maximum Gasteiger partial charge on any atom is 0.0945 e. The predicted molar refractivity (Wildman–Crippen MR) is 46.7 cm³/mol. The van der Waals surface area contributed by atoms with Crippen molar-refractivity contribution in [1.29, 1.82) is 0 Å². The first kappa shape index (κ1) is 11.9. The highest BCUT2D eigenvalue weighted by atomic mass is 32.2. The molecule has 0 aliphatic heterocycles. The van der Waals surface area contributed by atoms with Crippen LogP contribution < -0.4 is 0 Å². The van der Waals surface area contributed by atoms with Gasteiger partial charge in [0, 0.05) is 5.75 Å². The minimum Gasteiger partial charge on any atom is -0.748 e. The van der Waals surface area contributed by atoms with Crippen LogP contribution in [-0.4, -0.2) is 50.9 Å². The number of unbranched alkanes of at least 4 members (excludes halogenated alkanes) is 1. The van der Waals surface area contributed by atoms with Crippen LogP contribution in [0.3, 0.4) is 0 Å². The van der Waals surface area contributed by atoms with Crippen LogP contribution in [0.15, 0.2) is 0 Å². The van der Waals surface area contributed by atoms with E-state index in [1.807, 2.05) is 21.1 Å². The third-order valence-corrected chi connectivity index (χ3v) is 2.26. The highest BCUT2D eigenvalue weighted by molar-refractivity contribution is 7.85. The molecule has 0 amide bonds. The maximum atomic E-state index is 10.2. The lowest BCUT2D eigenvalue weighted by Gasteiger charge is -2.23. The van der Waals surface area contributed by atoms with Crippen LogP contribution in [-0.2, 0) is 10.1 Å². The lowest BCUT2D eigenvalue weighted by molar-refractivity contribution is -0.870. The average Bonchev–Trinajstić information content (AvgIpc) is 1.76. The Balaban J connectivity index is 3.48. The van der Waals surface area contributed by atoms with Gasteiger partial charge in [-0.15, -0.1) is 0 Å². The van der Waals surface area contributed by atoms with E-state index in [1.165, 1.54) is 0 Å². The van der Waals surface area contributed by atoms with Crippen molar-refractivity contribution in [1.82, 2.24) is 0 Å². The fraction of sp³-hybridized carbons (Fsp3) is 1.00. The molecule has 0 bridgehead atoms. The van der Waals surface area contributed by atoms with Crippen LogP contribution in [0.4, 0.5) is 0 Å².